The van der Waals surface area contributed by atoms with Crippen molar-refractivity contribution >= 4 is 66.8 Å². The predicted octanol–water partition coefficient (Wildman–Crippen LogP) is 5.91. The van der Waals surface area contributed by atoms with Crippen LogP contribution in [0.1, 0.15) is 0 Å². The molecule has 2 atom stereocenters. The van der Waals surface area contributed by atoms with Gasteiger partial charge in [-0.05, 0) is 12.1 Å². The van der Waals surface area contributed by atoms with Gasteiger partial charge >= 0.3 is 0 Å². The van der Waals surface area contributed by atoms with Crippen molar-refractivity contribution in [3.05, 3.63) is 68.8 Å². The van der Waals surface area contributed by atoms with Gasteiger partial charge in [0.1, 0.15) is 0 Å². The number of hydrogen-bond donors (Lipinski definition) is 0. The zero-order valence-corrected chi connectivity index (χ0v) is 18.1. The minimum Gasteiger partial charge on any atom is -0.258 e. The lowest BCUT2D eigenvalue weighted by atomic mass is 10.3. The molecule has 0 radical (unpaired) electrons. The lowest BCUT2D eigenvalue weighted by Crippen LogP contribution is -2.19. The average molecular weight is 522 g/mol. The maximum atomic E-state index is 11.1. The van der Waals surface area contributed by atoms with E-state index in [0.717, 1.165) is 0 Å². The van der Waals surface area contributed by atoms with Gasteiger partial charge in [0.05, 0.1) is 19.6 Å². The Hall–Kier alpha value is -1.10. The Balaban J connectivity index is 1.92. The van der Waals surface area contributed by atoms with Crippen LogP contribution in [0.2, 0.25) is 0 Å². The van der Waals surface area contributed by atoms with Gasteiger partial charge in [-0.3, -0.25) is 20.2 Å². The minimum atomic E-state index is -0.387. The molecule has 0 fully saturated rings. The molecule has 0 N–H and O–H groups in total. The zero-order valence-electron chi connectivity index (χ0n) is 13.3. The van der Waals surface area contributed by atoms with Gasteiger partial charge in [0.25, 0.3) is 11.4 Å². The van der Waals surface area contributed by atoms with E-state index in [-0.39, 0.29) is 30.9 Å². The Morgan fingerprint density at radius 2 is 1.12 bits per heavy atom. The van der Waals surface area contributed by atoms with Gasteiger partial charge in [0.2, 0.25) is 0 Å². The topological polar surface area (TPSA) is 86.3 Å². The largest absolute Gasteiger partial charge is 0.282 e. The number of para-hydroxylation sites is 2. The van der Waals surface area contributed by atoms with Gasteiger partial charge in [-0.1, -0.05) is 56.1 Å². The van der Waals surface area contributed by atoms with Crippen molar-refractivity contribution in [2.24, 2.45) is 0 Å². The maximum absolute atomic E-state index is 11.1. The predicted molar refractivity (Wildman–Crippen MR) is 113 cm³/mol. The highest BCUT2D eigenvalue weighted by molar-refractivity contribution is 9.12. The second-order valence-electron chi connectivity index (χ2n) is 5.10. The Kier molecular flexibility index (Phi) is 8.39. The van der Waals surface area contributed by atoms with Crippen LogP contribution >= 0.6 is 55.4 Å². The molecule has 0 amide bonds. The molecule has 0 unspecified atom stereocenters. The number of halogens is 2. The highest BCUT2D eigenvalue weighted by Gasteiger charge is 2.21. The summed E-state index contributed by atoms with van der Waals surface area (Å²) in [5.74, 6) is 1.25. The molecule has 2 aromatic carbocycles. The fourth-order valence-electron chi connectivity index (χ4n) is 2.01. The number of benzene rings is 2. The van der Waals surface area contributed by atoms with Crippen LogP contribution in [-0.4, -0.2) is 31.0 Å². The molecular weight excluding hydrogens is 508 g/mol. The van der Waals surface area contributed by atoms with Crippen molar-refractivity contribution in [2.45, 2.75) is 19.4 Å². The third kappa shape index (κ3) is 5.97. The summed E-state index contributed by atoms with van der Waals surface area (Å²) in [6.45, 7) is 0. The van der Waals surface area contributed by atoms with Crippen LogP contribution < -0.4 is 0 Å². The van der Waals surface area contributed by atoms with E-state index in [0.29, 0.717) is 21.3 Å². The first-order chi connectivity index (χ1) is 12.4. The number of thioether (sulfide) groups is 2. The molecule has 0 aliphatic heterocycles. The molecule has 0 aliphatic carbocycles. The van der Waals surface area contributed by atoms with Crippen LogP contribution in [0.5, 0.6) is 0 Å². The van der Waals surface area contributed by atoms with E-state index in [4.69, 9.17) is 0 Å². The molecule has 10 heteroatoms. The van der Waals surface area contributed by atoms with Crippen molar-refractivity contribution in [1.29, 1.82) is 0 Å². The third-order valence-corrected chi connectivity index (χ3v) is 9.17. The quantitative estimate of drug-likeness (QED) is 0.176. The van der Waals surface area contributed by atoms with Gasteiger partial charge in [0, 0.05) is 33.3 Å². The number of nitro groups is 2. The monoisotopic (exact) mass is 520 g/mol. The van der Waals surface area contributed by atoms with E-state index in [1.807, 2.05) is 0 Å². The normalized spacial score (nSPS) is 13.2. The van der Waals surface area contributed by atoms with E-state index >= 15 is 0 Å². The summed E-state index contributed by atoms with van der Waals surface area (Å²) in [7, 11) is 0. The lowest BCUT2D eigenvalue weighted by molar-refractivity contribution is -0.387. The van der Waals surface area contributed by atoms with Crippen molar-refractivity contribution in [1.82, 2.24) is 0 Å². The molecule has 0 spiro atoms. The van der Waals surface area contributed by atoms with Gasteiger partial charge in [-0.2, -0.15) is 0 Å². The third-order valence-electron chi connectivity index (χ3n) is 3.31. The number of hydrogen-bond acceptors (Lipinski definition) is 6. The van der Waals surface area contributed by atoms with Gasteiger partial charge in [0.15, 0.2) is 0 Å². The summed E-state index contributed by atoms with van der Waals surface area (Å²) < 4.78 is 0. The summed E-state index contributed by atoms with van der Waals surface area (Å²) in [5, 5.41) is 22.1. The molecule has 0 saturated heterocycles. The second kappa shape index (κ2) is 10.3. The summed E-state index contributed by atoms with van der Waals surface area (Å²) in [4.78, 5) is 22.7. The van der Waals surface area contributed by atoms with Gasteiger partial charge in [-0.25, -0.2) is 0 Å². The van der Waals surface area contributed by atoms with Crippen molar-refractivity contribution < 1.29 is 9.85 Å². The fourth-order valence-corrected chi connectivity index (χ4v) is 5.74. The molecule has 0 aliphatic rings. The highest BCUT2D eigenvalue weighted by Crippen LogP contribution is 2.34. The summed E-state index contributed by atoms with van der Waals surface area (Å²) >= 11 is 10.0. The summed E-state index contributed by atoms with van der Waals surface area (Å²) in [5.41, 5.74) is 0.190. The molecule has 0 saturated carbocycles. The first-order valence-corrected chi connectivity index (χ1v) is 11.2. The molecule has 0 aromatic heterocycles. The van der Waals surface area contributed by atoms with Crippen molar-refractivity contribution in [3.63, 3.8) is 0 Å². The molecule has 2 aromatic rings. The van der Waals surface area contributed by atoms with E-state index in [9.17, 15) is 20.2 Å². The van der Waals surface area contributed by atoms with E-state index < -0.39 is 0 Å². The smallest absolute Gasteiger partial charge is 0.258 e. The molecular formula is C16H14Br2N2O4S2. The van der Waals surface area contributed by atoms with Crippen molar-refractivity contribution in [3.8, 4) is 0 Å². The summed E-state index contributed by atoms with van der Waals surface area (Å²) in [6.07, 6.45) is 0. The number of alkyl halides is 2. The maximum Gasteiger partial charge on any atom is 0.282 e. The fraction of sp³-hybridized carbons (Fsp3) is 0.250. The molecule has 26 heavy (non-hydrogen) atoms. The summed E-state index contributed by atoms with van der Waals surface area (Å²) in [6, 6.07) is 13.3. The van der Waals surface area contributed by atoms with Gasteiger partial charge < -0.3 is 0 Å². The molecule has 0 bridgehead atoms. The van der Waals surface area contributed by atoms with Gasteiger partial charge in [-0.15, -0.1) is 23.5 Å². The Morgan fingerprint density at radius 1 is 0.769 bits per heavy atom. The van der Waals surface area contributed by atoms with E-state index in [1.54, 1.807) is 36.4 Å². The Labute approximate surface area is 175 Å². The molecule has 0 heterocycles. The van der Waals surface area contributed by atoms with E-state index in [1.165, 1.54) is 35.7 Å². The number of rotatable bonds is 9. The highest BCUT2D eigenvalue weighted by atomic mass is 79.9. The van der Waals surface area contributed by atoms with Crippen LogP contribution in [0.25, 0.3) is 0 Å². The first-order valence-electron chi connectivity index (χ1n) is 7.40. The number of nitro benzene ring substituents is 2. The Morgan fingerprint density at radius 3 is 1.46 bits per heavy atom. The minimum absolute atomic E-state index is 0.0441. The SMILES string of the molecule is O=[N+]([O-])c1ccccc1SC[C@@H](Br)[C@@H](Br)CSc1ccccc1[N+](=O)[O-]. The molecule has 2 rings (SSSR count). The molecule has 138 valence electrons. The standard InChI is InChI=1S/C16H14Br2N2O4S2/c17-11(9-25-15-7-3-1-5-13(15)19(21)22)12(18)10-26-16-8-4-2-6-14(16)20(23)24/h1-8,11-12H,9-10H2/t11-,12+. The average Bonchev–Trinajstić information content (AvgIpc) is 2.64. The van der Waals surface area contributed by atoms with Crippen LogP contribution in [0.3, 0.4) is 0 Å². The van der Waals surface area contributed by atoms with Crippen LogP contribution in [0.4, 0.5) is 11.4 Å². The van der Waals surface area contributed by atoms with Crippen LogP contribution in [0, 0.1) is 20.2 Å². The molecule has 6 nitrogen and oxygen atoms in total. The Bertz CT molecular complexity index is 729. The second-order valence-corrected chi connectivity index (χ2v) is 9.58. The van der Waals surface area contributed by atoms with E-state index in [2.05, 4.69) is 31.9 Å². The van der Waals surface area contributed by atoms with Crippen LogP contribution in [-0.2, 0) is 0 Å². The van der Waals surface area contributed by atoms with Crippen LogP contribution in [0.15, 0.2) is 58.3 Å². The number of nitrogens with zero attached hydrogens (tertiary/aromatic N) is 2. The zero-order chi connectivity index (χ0) is 19.1. The lowest BCUT2D eigenvalue weighted by Gasteiger charge is -2.16. The first kappa shape index (κ1) is 21.2. The van der Waals surface area contributed by atoms with Crippen molar-refractivity contribution in [2.75, 3.05) is 11.5 Å².